The number of fused-ring (bicyclic) bond motifs is 1. The molecule has 0 unspecified atom stereocenters. The van der Waals surface area contributed by atoms with Crippen LogP contribution in [0, 0.1) is 17.1 Å². The van der Waals surface area contributed by atoms with Crippen LogP contribution in [0.4, 0.5) is 4.39 Å². The van der Waals surface area contributed by atoms with Crippen molar-refractivity contribution in [3.63, 3.8) is 0 Å². The summed E-state index contributed by atoms with van der Waals surface area (Å²) in [5.74, 6) is 0.424. The van der Waals surface area contributed by atoms with Crippen molar-refractivity contribution >= 4 is 11.8 Å². The molecule has 4 heteroatoms. The Kier molecular flexibility index (Phi) is 4.73. The zero-order valence-corrected chi connectivity index (χ0v) is 15.0. The summed E-state index contributed by atoms with van der Waals surface area (Å²) in [7, 11) is 0. The van der Waals surface area contributed by atoms with Gasteiger partial charge in [-0.3, -0.25) is 0 Å². The normalized spacial score (nSPS) is 12.6. The third kappa shape index (κ3) is 3.23. The van der Waals surface area contributed by atoms with E-state index in [1.807, 2.05) is 18.2 Å². The van der Waals surface area contributed by atoms with E-state index in [4.69, 9.17) is 4.98 Å². The van der Waals surface area contributed by atoms with Crippen molar-refractivity contribution in [3.05, 3.63) is 82.7 Å². The standard InChI is InChI=1S/C22H17FN2S/c23-17-11-9-15(10-12-17)14-26-22-20(13-24)18-7-4-8-19(18)21(25-22)16-5-2-1-3-6-16/h1-3,5-6,9-12H,4,7-8,14H2. The molecule has 0 bridgehead atoms. The molecule has 128 valence electrons. The molecule has 0 atom stereocenters. The second kappa shape index (κ2) is 7.31. The van der Waals surface area contributed by atoms with Crippen LogP contribution in [0.3, 0.4) is 0 Å². The van der Waals surface area contributed by atoms with Crippen LogP contribution in [0.1, 0.15) is 28.7 Å². The predicted octanol–water partition coefficient (Wildman–Crippen LogP) is 5.54. The molecule has 2 aromatic carbocycles. The lowest BCUT2D eigenvalue weighted by Crippen LogP contribution is -2.00. The number of nitrogens with zero attached hydrogens (tertiary/aromatic N) is 2. The molecular formula is C22H17FN2S. The van der Waals surface area contributed by atoms with Crippen LogP contribution in [-0.2, 0) is 18.6 Å². The number of halogens is 1. The van der Waals surface area contributed by atoms with E-state index < -0.39 is 0 Å². The topological polar surface area (TPSA) is 36.7 Å². The molecule has 3 aromatic rings. The number of nitriles is 1. The summed E-state index contributed by atoms with van der Waals surface area (Å²) in [6.07, 6.45) is 2.98. The van der Waals surface area contributed by atoms with Crippen molar-refractivity contribution in [2.75, 3.05) is 0 Å². The molecule has 0 amide bonds. The number of rotatable bonds is 4. The van der Waals surface area contributed by atoms with Crippen LogP contribution >= 0.6 is 11.8 Å². The quantitative estimate of drug-likeness (QED) is 0.573. The molecule has 1 aromatic heterocycles. The van der Waals surface area contributed by atoms with Crippen LogP contribution in [0.25, 0.3) is 11.3 Å². The Morgan fingerprint density at radius 1 is 1.00 bits per heavy atom. The molecule has 1 aliphatic carbocycles. The Balaban J connectivity index is 1.74. The van der Waals surface area contributed by atoms with Crippen LogP contribution < -0.4 is 0 Å². The maximum atomic E-state index is 13.1. The summed E-state index contributed by atoms with van der Waals surface area (Å²) in [4.78, 5) is 4.88. The van der Waals surface area contributed by atoms with Gasteiger partial charge in [-0.15, -0.1) is 11.8 Å². The Hall–Kier alpha value is -2.64. The average Bonchev–Trinajstić information content (AvgIpc) is 3.17. The molecule has 0 radical (unpaired) electrons. The van der Waals surface area contributed by atoms with E-state index in [0.29, 0.717) is 11.3 Å². The zero-order chi connectivity index (χ0) is 17.9. The summed E-state index contributed by atoms with van der Waals surface area (Å²) in [5, 5.41) is 10.5. The van der Waals surface area contributed by atoms with E-state index in [1.165, 1.54) is 17.7 Å². The first-order chi connectivity index (χ1) is 12.8. The van der Waals surface area contributed by atoms with Gasteiger partial charge >= 0.3 is 0 Å². The molecule has 0 spiro atoms. The maximum Gasteiger partial charge on any atom is 0.123 e. The van der Waals surface area contributed by atoms with E-state index in [9.17, 15) is 9.65 Å². The number of pyridine rings is 1. The van der Waals surface area contributed by atoms with Gasteiger partial charge in [0, 0.05) is 11.3 Å². The highest BCUT2D eigenvalue weighted by Gasteiger charge is 2.24. The molecule has 0 aliphatic heterocycles. The van der Waals surface area contributed by atoms with Crippen molar-refractivity contribution < 1.29 is 4.39 Å². The first-order valence-corrected chi connectivity index (χ1v) is 9.63. The van der Waals surface area contributed by atoms with E-state index in [2.05, 4.69) is 18.2 Å². The predicted molar refractivity (Wildman–Crippen MR) is 102 cm³/mol. The Bertz CT molecular complexity index is 976. The van der Waals surface area contributed by atoms with Crippen molar-refractivity contribution in [3.8, 4) is 17.3 Å². The van der Waals surface area contributed by atoms with Gasteiger partial charge in [-0.1, -0.05) is 42.5 Å². The fraction of sp³-hybridized carbons (Fsp3) is 0.182. The minimum atomic E-state index is -0.238. The summed E-state index contributed by atoms with van der Waals surface area (Å²) < 4.78 is 13.1. The molecule has 0 N–H and O–H groups in total. The lowest BCUT2D eigenvalue weighted by atomic mass is 10.00. The lowest BCUT2D eigenvalue weighted by Gasteiger charge is -2.13. The van der Waals surface area contributed by atoms with Crippen molar-refractivity contribution in [2.24, 2.45) is 0 Å². The molecule has 0 fully saturated rings. The minimum absolute atomic E-state index is 0.238. The van der Waals surface area contributed by atoms with Crippen molar-refractivity contribution in [1.82, 2.24) is 4.98 Å². The molecule has 1 aliphatic rings. The zero-order valence-electron chi connectivity index (χ0n) is 14.2. The third-order valence-corrected chi connectivity index (χ3v) is 5.73. The Morgan fingerprint density at radius 3 is 2.46 bits per heavy atom. The van der Waals surface area contributed by atoms with E-state index in [0.717, 1.165) is 46.7 Å². The first kappa shape index (κ1) is 16.8. The smallest absolute Gasteiger partial charge is 0.123 e. The molecule has 2 nitrogen and oxygen atoms in total. The molecule has 1 heterocycles. The number of thioether (sulfide) groups is 1. The van der Waals surface area contributed by atoms with Gasteiger partial charge < -0.3 is 0 Å². The number of hydrogen-bond donors (Lipinski definition) is 0. The fourth-order valence-electron chi connectivity index (χ4n) is 3.42. The molecule has 0 saturated heterocycles. The van der Waals surface area contributed by atoms with Crippen molar-refractivity contribution in [2.45, 2.75) is 30.0 Å². The summed E-state index contributed by atoms with van der Waals surface area (Å²) in [5.41, 5.74) is 6.20. The maximum absolute atomic E-state index is 13.1. The molecular weight excluding hydrogens is 343 g/mol. The largest absolute Gasteiger partial charge is 0.240 e. The second-order valence-electron chi connectivity index (χ2n) is 6.34. The van der Waals surface area contributed by atoms with Crippen LogP contribution in [0.2, 0.25) is 0 Å². The lowest BCUT2D eigenvalue weighted by molar-refractivity contribution is 0.627. The summed E-state index contributed by atoms with van der Waals surface area (Å²) in [6, 6.07) is 19.0. The van der Waals surface area contributed by atoms with Gasteiger partial charge in [-0.25, -0.2) is 9.37 Å². The fourth-order valence-corrected chi connectivity index (χ4v) is 4.39. The van der Waals surface area contributed by atoms with Gasteiger partial charge in [0.05, 0.1) is 11.3 Å². The SMILES string of the molecule is N#Cc1c(SCc2ccc(F)cc2)nc(-c2ccccc2)c2c1CCC2. The number of hydrogen-bond acceptors (Lipinski definition) is 3. The van der Waals surface area contributed by atoms with Crippen LogP contribution in [0.15, 0.2) is 59.6 Å². The average molecular weight is 360 g/mol. The minimum Gasteiger partial charge on any atom is -0.240 e. The van der Waals surface area contributed by atoms with Gasteiger partial charge in [0.15, 0.2) is 0 Å². The summed E-state index contributed by atoms with van der Waals surface area (Å²) in [6.45, 7) is 0. The number of benzene rings is 2. The molecule has 0 saturated carbocycles. The highest BCUT2D eigenvalue weighted by Crippen LogP contribution is 2.38. The van der Waals surface area contributed by atoms with Gasteiger partial charge in [0.2, 0.25) is 0 Å². The molecule has 4 rings (SSSR count). The van der Waals surface area contributed by atoms with E-state index >= 15 is 0 Å². The second-order valence-corrected chi connectivity index (χ2v) is 7.31. The third-order valence-electron chi connectivity index (χ3n) is 4.68. The van der Waals surface area contributed by atoms with Gasteiger partial charge in [-0.05, 0) is 48.1 Å². The van der Waals surface area contributed by atoms with Crippen molar-refractivity contribution in [1.29, 1.82) is 5.26 Å². The number of aromatic nitrogens is 1. The van der Waals surface area contributed by atoms with Crippen LogP contribution in [-0.4, -0.2) is 4.98 Å². The highest BCUT2D eigenvalue weighted by molar-refractivity contribution is 7.98. The Morgan fingerprint density at radius 2 is 1.73 bits per heavy atom. The van der Waals surface area contributed by atoms with Gasteiger partial charge in [-0.2, -0.15) is 5.26 Å². The molecule has 26 heavy (non-hydrogen) atoms. The Labute approximate surface area is 156 Å². The summed E-state index contributed by atoms with van der Waals surface area (Å²) >= 11 is 1.55. The van der Waals surface area contributed by atoms with Crippen LogP contribution in [0.5, 0.6) is 0 Å². The van der Waals surface area contributed by atoms with E-state index in [-0.39, 0.29) is 5.82 Å². The highest BCUT2D eigenvalue weighted by atomic mass is 32.2. The van der Waals surface area contributed by atoms with E-state index in [1.54, 1.807) is 23.9 Å². The van der Waals surface area contributed by atoms with Gasteiger partial charge in [0.25, 0.3) is 0 Å². The first-order valence-electron chi connectivity index (χ1n) is 8.65. The van der Waals surface area contributed by atoms with Gasteiger partial charge in [0.1, 0.15) is 16.9 Å². The monoisotopic (exact) mass is 360 g/mol.